The van der Waals surface area contributed by atoms with E-state index in [9.17, 15) is 14.4 Å². The Morgan fingerprint density at radius 3 is 2.57 bits per heavy atom. The number of amides is 2. The molecule has 1 aromatic rings. The Morgan fingerprint density at radius 1 is 1.24 bits per heavy atom. The van der Waals surface area contributed by atoms with Gasteiger partial charge >= 0.3 is 5.97 Å². The summed E-state index contributed by atoms with van der Waals surface area (Å²) >= 11 is 0. The first-order valence-corrected chi connectivity index (χ1v) is 6.58. The Morgan fingerprint density at radius 2 is 1.95 bits per heavy atom. The van der Waals surface area contributed by atoms with Gasteiger partial charge in [-0.05, 0) is 18.6 Å². The first-order valence-electron chi connectivity index (χ1n) is 6.58. The summed E-state index contributed by atoms with van der Waals surface area (Å²) in [7, 11) is 0. The van der Waals surface area contributed by atoms with Crippen molar-refractivity contribution in [1.82, 2.24) is 0 Å². The minimum absolute atomic E-state index is 0.00796. The molecule has 1 unspecified atom stereocenters. The van der Waals surface area contributed by atoms with Crippen LogP contribution in [-0.2, 0) is 14.4 Å². The van der Waals surface area contributed by atoms with E-state index in [1.54, 1.807) is 24.3 Å². The smallest absolute Gasteiger partial charge is 0.307 e. The third kappa shape index (κ3) is 2.31. The highest BCUT2D eigenvalue weighted by Crippen LogP contribution is 2.43. The molecule has 3 rings (SSSR count). The number of aliphatic carboxylic acids is 1. The van der Waals surface area contributed by atoms with Crippen LogP contribution in [-0.4, -0.2) is 35.5 Å². The molecular formula is C14H14N2O5. The van der Waals surface area contributed by atoms with Crippen LogP contribution in [0.4, 0.5) is 5.69 Å². The molecule has 1 fully saturated rings. The molecule has 110 valence electrons. The number of rotatable bonds is 3. The second-order valence-corrected chi connectivity index (χ2v) is 5.21. The molecule has 0 saturated heterocycles. The standard InChI is InChI=1S/C14H14N2O5/c15-12(17)11-6-16(9-3-1-2-4-10(9)21-11)13(18)7-5-8(7)14(19)20/h1-4,7-8,11H,5-6H2,(H2,15,17)(H,19,20)/t7-,8+,11?/m1/s1. The number of carbonyl (C=O) groups is 3. The third-order valence-corrected chi connectivity index (χ3v) is 3.78. The number of para-hydroxylation sites is 2. The molecule has 0 bridgehead atoms. The van der Waals surface area contributed by atoms with Crippen molar-refractivity contribution in [2.75, 3.05) is 11.4 Å². The quantitative estimate of drug-likeness (QED) is 0.813. The van der Waals surface area contributed by atoms with Gasteiger partial charge in [-0.2, -0.15) is 0 Å². The van der Waals surface area contributed by atoms with E-state index in [1.165, 1.54) is 4.90 Å². The number of anilines is 1. The predicted molar refractivity (Wildman–Crippen MR) is 71.6 cm³/mol. The Labute approximate surface area is 120 Å². The summed E-state index contributed by atoms with van der Waals surface area (Å²) in [5.74, 6) is -2.71. The zero-order valence-corrected chi connectivity index (χ0v) is 11.1. The van der Waals surface area contributed by atoms with Crippen LogP contribution in [0.3, 0.4) is 0 Å². The van der Waals surface area contributed by atoms with Gasteiger partial charge in [0.15, 0.2) is 6.10 Å². The molecule has 21 heavy (non-hydrogen) atoms. The van der Waals surface area contributed by atoms with Crippen LogP contribution >= 0.6 is 0 Å². The molecule has 1 aromatic carbocycles. The van der Waals surface area contributed by atoms with Gasteiger partial charge in [-0.15, -0.1) is 0 Å². The van der Waals surface area contributed by atoms with E-state index >= 15 is 0 Å². The second-order valence-electron chi connectivity index (χ2n) is 5.21. The molecule has 3 N–H and O–H groups in total. The number of carboxylic acids is 1. The number of hydrogen-bond acceptors (Lipinski definition) is 4. The van der Waals surface area contributed by atoms with Gasteiger partial charge in [-0.25, -0.2) is 0 Å². The maximum atomic E-state index is 12.5. The van der Waals surface area contributed by atoms with Crippen LogP contribution in [0.25, 0.3) is 0 Å². The van der Waals surface area contributed by atoms with Crippen molar-refractivity contribution in [1.29, 1.82) is 0 Å². The highest BCUT2D eigenvalue weighted by atomic mass is 16.5. The normalized spacial score (nSPS) is 26.5. The Kier molecular flexibility index (Phi) is 3.04. The average molecular weight is 290 g/mol. The molecular weight excluding hydrogens is 276 g/mol. The predicted octanol–water partition coefficient (Wildman–Crippen LogP) is -0.0134. The molecule has 0 aromatic heterocycles. The number of ether oxygens (including phenoxy) is 1. The van der Waals surface area contributed by atoms with Gasteiger partial charge in [-0.3, -0.25) is 14.4 Å². The summed E-state index contributed by atoms with van der Waals surface area (Å²) in [4.78, 5) is 36.1. The first-order chi connectivity index (χ1) is 9.99. The third-order valence-electron chi connectivity index (χ3n) is 3.78. The summed E-state index contributed by atoms with van der Waals surface area (Å²) < 4.78 is 5.46. The highest BCUT2D eigenvalue weighted by molar-refractivity contribution is 6.02. The molecule has 2 aliphatic rings. The summed E-state index contributed by atoms with van der Waals surface area (Å²) in [5.41, 5.74) is 5.80. The van der Waals surface area contributed by atoms with Crippen LogP contribution in [0.2, 0.25) is 0 Å². The SMILES string of the molecule is NC(=O)C1CN(C(=O)[C@@H]2C[C@@H]2C(=O)O)c2ccccc2O1. The number of carboxylic acid groups (broad SMARTS) is 1. The van der Waals surface area contributed by atoms with E-state index < -0.39 is 29.8 Å². The molecule has 1 aliphatic carbocycles. The van der Waals surface area contributed by atoms with Crippen LogP contribution in [0.1, 0.15) is 6.42 Å². The zero-order chi connectivity index (χ0) is 15.1. The van der Waals surface area contributed by atoms with Crippen LogP contribution < -0.4 is 15.4 Å². The van der Waals surface area contributed by atoms with Crippen molar-refractivity contribution in [2.45, 2.75) is 12.5 Å². The molecule has 7 heteroatoms. The summed E-state index contributed by atoms with van der Waals surface area (Å²) in [6.07, 6.45) is -0.597. The average Bonchev–Trinajstić information content (AvgIpc) is 3.26. The zero-order valence-electron chi connectivity index (χ0n) is 11.1. The molecule has 3 atom stereocenters. The number of carbonyl (C=O) groups excluding carboxylic acids is 2. The highest BCUT2D eigenvalue weighted by Gasteiger charge is 2.51. The van der Waals surface area contributed by atoms with E-state index in [4.69, 9.17) is 15.6 Å². The Bertz CT molecular complexity index is 630. The summed E-state index contributed by atoms with van der Waals surface area (Å²) in [5, 5.41) is 8.94. The number of fused-ring (bicyclic) bond motifs is 1. The topological polar surface area (TPSA) is 110 Å². The van der Waals surface area contributed by atoms with Gasteiger partial charge in [0, 0.05) is 0 Å². The second kappa shape index (κ2) is 4.76. The van der Waals surface area contributed by atoms with Crippen LogP contribution in [0.15, 0.2) is 24.3 Å². The Hall–Kier alpha value is -2.57. The van der Waals surface area contributed by atoms with Crippen molar-refractivity contribution in [3.8, 4) is 5.75 Å². The first kappa shape index (κ1) is 13.4. The van der Waals surface area contributed by atoms with E-state index in [-0.39, 0.29) is 12.5 Å². The minimum Gasteiger partial charge on any atom is -0.481 e. The largest absolute Gasteiger partial charge is 0.481 e. The fraction of sp³-hybridized carbons (Fsp3) is 0.357. The minimum atomic E-state index is -0.971. The summed E-state index contributed by atoms with van der Waals surface area (Å²) in [6.45, 7) is 0.00796. The van der Waals surface area contributed by atoms with Gasteiger partial charge in [0.05, 0.1) is 24.1 Å². The maximum Gasteiger partial charge on any atom is 0.307 e. The number of primary amides is 1. The van der Waals surface area contributed by atoms with E-state index in [2.05, 4.69) is 0 Å². The molecule has 2 amide bonds. The van der Waals surface area contributed by atoms with Crippen LogP contribution in [0, 0.1) is 11.8 Å². The fourth-order valence-corrected chi connectivity index (χ4v) is 2.53. The lowest BCUT2D eigenvalue weighted by Gasteiger charge is -2.33. The maximum absolute atomic E-state index is 12.5. The monoisotopic (exact) mass is 290 g/mol. The molecule has 7 nitrogen and oxygen atoms in total. The molecule has 0 spiro atoms. The van der Waals surface area contributed by atoms with Gasteiger partial charge in [-0.1, -0.05) is 12.1 Å². The number of benzene rings is 1. The van der Waals surface area contributed by atoms with Gasteiger partial charge < -0.3 is 20.5 Å². The molecule has 1 heterocycles. The van der Waals surface area contributed by atoms with E-state index in [0.29, 0.717) is 17.9 Å². The molecule has 0 radical (unpaired) electrons. The number of hydrogen-bond donors (Lipinski definition) is 2. The van der Waals surface area contributed by atoms with Gasteiger partial charge in [0.1, 0.15) is 5.75 Å². The van der Waals surface area contributed by atoms with Crippen LogP contribution in [0.5, 0.6) is 5.75 Å². The lowest BCUT2D eigenvalue weighted by Crippen LogP contribution is -2.50. The summed E-state index contributed by atoms with van der Waals surface area (Å²) in [6, 6.07) is 6.81. The van der Waals surface area contributed by atoms with E-state index in [0.717, 1.165) is 0 Å². The van der Waals surface area contributed by atoms with Crippen molar-refractivity contribution < 1.29 is 24.2 Å². The number of nitrogens with two attached hydrogens (primary N) is 1. The lowest BCUT2D eigenvalue weighted by atomic mass is 10.1. The molecule has 1 saturated carbocycles. The number of nitrogens with zero attached hydrogens (tertiary/aromatic N) is 1. The fourth-order valence-electron chi connectivity index (χ4n) is 2.53. The van der Waals surface area contributed by atoms with Gasteiger partial charge in [0.2, 0.25) is 5.91 Å². The van der Waals surface area contributed by atoms with Crippen molar-refractivity contribution in [3.63, 3.8) is 0 Å². The van der Waals surface area contributed by atoms with E-state index in [1.807, 2.05) is 0 Å². The lowest BCUT2D eigenvalue weighted by molar-refractivity contribution is -0.140. The molecule has 1 aliphatic heterocycles. The van der Waals surface area contributed by atoms with Crippen molar-refractivity contribution in [3.05, 3.63) is 24.3 Å². The van der Waals surface area contributed by atoms with Gasteiger partial charge in [0.25, 0.3) is 5.91 Å². The van der Waals surface area contributed by atoms with Crippen molar-refractivity contribution in [2.24, 2.45) is 17.6 Å². The van der Waals surface area contributed by atoms with Crippen molar-refractivity contribution >= 4 is 23.5 Å². The Balaban J connectivity index is 1.88.